The van der Waals surface area contributed by atoms with E-state index in [1.54, 1.807) is 0 Å². The molecular weight excluding hydrogens is 212 g/mol. The van der Waals surface area contributed by atoms with Crippen molar-refractivity contribution in [3.8, 4) is 0 Å². The van der Waals surface area contributed by atoms with Crippen molar-refractivity contribution in [3.63, 3.8) is 0 Å². The maximum absolute atomic E-state index is 10.2. The number of rotatable bonds is 2. The molecule has 1 aliphatic heterocycles. The zero-order valence-electron chi connectivity index (χ0n) is 11.6. The molecule has 1 saturated carbocycles. The summed E-state index contributed by atoms with van der Waals surface area (Å²) in [4.78, 5) is 4.89. The van der Waals surface area contributed by atoms with Gasteiger partial charge in [-0.3, -0.25) is 4.90 Å². The van der Waals surface area contributed by atoms with E-state index in [4.69, 9.17) is 0 Å². The van der Waals surface area contributed by atoms with Gasteiger partial charge in [-0.05, 0) is 58.7 Å². The van der Waals surface area contributed by atoms with Crippen LogP contribution in [0, 0.1) is 5.92 Å². The molecule has 2 fully saturated rings. The number of aliphatic hydroxyl groups excluding tert-OH is 1. The van der Waals surface area contributed by atoms with E-state index in [1.165, 1.54) is 32.2 Å². The van der Waals surface area contributed by atoms with E-state index in [9.17, 15) is 5.11 Å². The van der Waals surface area contributed by atoms with Crippen LogP contribution in [0.1, 0.15) is 39.0 Å². The van der Waals surface area contributed by atoms with Crippen LogP contribution in [0.25, 0.3) is 0 Å². The summed E-state index contributed by atoms with van der Waals surface area (Å²) in [6, 6.07) is 1.09. The molecule has 0 aromatic rings. The summed E-state index contributed by atoms with van der Waals surface area (Å²) in [7, 11) is 4.35. The average molecular weight is 240 g/mol. The Labute approximate surface area is 106 Å². The van der Waals surface area contributed by atoms with E-state index in [2.05, 4.69) is 30.8 Å². The summed E-state index contributed by atoms with van der Waals surface area (Å²) in [6.07, 6.45) is 5.87. The number of hydrogen-bond acceptors (Lipinski definition) is 3. The van der Waals surface area contributed by atoms with Crippen LogP contribution < -0.4 is 0 Å². The van der Waals surface area contributed by atoms with Crippen molar-refractivity contribution >= 4 is 0 Å². The van der Waals surface area contributed by atoms with Crippen molar-refractivity contribution in [1.82, 2.24) is 9.80 Å². The third kappa shape index (κ3) is 3.21. The fourth-order valence-electron chi connectivity index (χ4n) is 3.43. The van der Waals surface area contributed by atoms with Crippen molar-refractivity contribution < 1.29 is 5.11 Å². The highest BCUT2D eigenvalue weighted by molar-refractivity contribution is 4.89. The zero-order chi connectivity index (χ0) is 12.4. The molecule has 0 radical (unpaired) electrons. The highest BCUT2D eigenvalue weighted by Gasteiger charge is 2.34. The molecule has 2 rings (SSSR count). The topological polar surface area (TPSA) is 26.7 Å². The first kappa shape index (κ1) is 13.3. The Bertz CT molecular complexity index is 244. The fourth-order valence-corrected chi connectivity index (χ4v) is 3.43. The second kappa shape index (κ2) is 5.68. The molecule has 1 aliphatic carbocycles. The monoisotopic (exact) mass is 240 g/mol. The van der Waals surface area contributed by atoms with Gasteiger partial charge in [0, 0.05) is 18.6 Å². The molecular formula is C14H28N2O. The highest BCUT2D eigenvalue weighted by atomic mass is 16.3. The average Bonchev–Trinajstić information content (AvgIpc) is 2.32. The van der Waals surface area contributed by atoms with Crippen LogP contribution in [-0.4, -0.2) is 60.3 Å². The summed E-state index contributed by atoms with van der Waals surface area (Å²) in [5.74, 6) is 0.781. The van der Waals surface area contributed by atoms with Gasteiger partial charge in [0.1, 0.15) is 0 Å². The van der Waals surface area contributed by atoms with E-state index >= 15 is 0 Å². The molecule has 3 heteroatoms. The molecule has 1 N–H and O–H groups in total. The number of likely N-dealkylation sites (N-methyl/N-ethyl adjacent to an activating group) is 1. The standard InChI is InChI=1S/C14H28N2O/c1-11-6-7-14(17)13(9-11)16-8-4-5-12(10-16)15(2)3/h11-14,17H,4-10H2,1-3H3. The van der Waals surface area contributed by atoms with Gasteiger partial charge in [0.25, 0.3) is 0 Å². The second-order valence-corrected chi connectivity index (χ2v) is 6.31. The van der Waals surface area contributed by atoms with Crippen molar-refractivity contribution in [2.75, 3.05) is 27.2 Å². The molecule has 4 atom stereocenters. The molecule has 1 saturated heterocycles. The minimum absolute atomic E-state index is 0.0906. The van der Waals surface area contributed by atoms with Gasteiger partial charge in [-0.15, -0.1) is 0 Å². The van der Waals surface area contributed by atoms with Crippen LogP contribution in [0.2, 0.25) is 0 Å². The highest BCUT2D eigenvalue weighted by Crippen LogP contribution is 2.29. The van der Waals surface area contributed by atoms with Crippen LogP contribution in [0.4, 0.5) is 0 Å². The number of aliphatic hydroxyl groups is 1. The molecule has 0 aromatic heterocycles. The lowest BCUT2D eigenvalue weighted by molar-refractivity contribution is -0.0159. The molecule has 100 valence electrons. The summed E-state index contributed by atoms with van der Waals surface area (Å²) in [5.41, 5.74) is 0. The summed E-state index contributed by atoms with van der Waals surface area (Å²) in [6.45, 7) is 4.65. The van der Waals surface area contributed by atoms with Gasteiger partial charge in [-0.2, -0.15) is 0 Å². The molecule has 2 aliphatic rings. The first-order valence-corrected chi connectivity index (χ1v) is 7.16. The molecule has 0 bridgehead atoms. The molecule has 4 unspecified atom stereocenters. The predicted molar refractivity (Wildman–Crippen MR) is 71.1 cm³/mol. The Morgan fingerprint density at radius 3 is 2.65 bits per heavy atom. The number of likely N-dealkylation sites (tertiary alicyclic amines) is 1. The second-order valence-electron chi connectivity index (χ2n) is 6.31. The summed E-state index contributed by atoms with van der Waals surface area (Å²) in [5, 5.41) is 10.2. The molecule has 0 spiro atoms. The lowest BCUT2D eigenvalue weighted by Gasteiger charge is -2.44. The van der Waals surface area contributed by atoms with E-state index < -0.39 is 0 Å². The lowest BCUT2D eigenvalue weighted by Crippen LogP contribution is -2.54. The van der Waals surface area contributed by atoms with Crippen LogP contribution in [0.3, 0.4) is 0 Å². The zero-order valence-corrected chi connectivity index (χ0v) is 11.6. The minimum atomic E-state index is -0.0906. The first-order valence-electron chi connectivity index (χ1n) is 7.16. The third-order valence-electron chi connectivity index (χ3n) is 4.67. The van der Waals surface area contributed by atoms with Gasteiger partial charge in [0.15, 0.2) is 0 Å². The van der Waals surface area contributed by atoms with Crippen LogP contribution in [0.5, 0.6) is 0 Å². The Kier molecular flexibility index (Phi) is 4.45. The van der Waals surface area contributed by atoms with Gasteiger partial charge in [-0.1, -0.05) is 6.92 Å². The maximum atomic E-state index is 10.2. The molecule has 0 amide bonds. The van der Waals surface area contributed by atoms with Gasteiger partial charge in [-0.25, -0.2) is 0 Å². The SMILES string of the molecule is CC1CCC(O)C(N2CCCC(N(C)C)C2)C1. The molecule has 17 heavy (non-hydrogen) atoms. The van der Waals surface area contributed by atoms with Crippen LogP contribution in [0.15, 0.2) is 0 Å². The van der Waals surface area contributed by atoms with Crippen molar-refractivity contribution in [2.45, 2.75) is 57.2 Å². The lowest BCUT2D eigenvalue weighted by atomic mass is 9.83. The maximum Gasteiger partial charge on any atom is 0.0695 e. The van der Waals surface area contributed by atoms with Crippen LogP contribution in [-0.2, 0) is 0 Å². The van der Waals surface area contributed by atoms with Gasteiger partial charge >= 0.3 is 0 Å². The van der Waals surface area contributed by atoms with Crippen molar-refractivity contribution in [2.24, 2.45) is 5.92 Å². The van der Waals surface area contributed by atoms with Crippen LogP contribution >= 0.6 is 0 Å². The van der Waals surface area contributed by atoms with E-state index in [-0.39, 0.29) is 6.10 Å². The van der Waals surface area contributed by atoms with Gasteiger partial charge in [0.05, 0.1) is 6.10 Å². The number of nitrogens with zero attached hydrogens (tertiary/aromatic N) is 2. The molecule has 1 heterocycles. The summed E-state index contributed by atoms with van der Waals surface area (Å²) < 4.78 is 0. The third-order valence-corrected chi connectivity index (χ3v) is 4.67. The van der Waals surface area contributed by atoms with Gasteiger partial charge in [0.2, 0.25) is 0 Å². The Morgan fingerprint density at radius 1 is 1.18 bits per heavy atom. The molecule has 3 nitrogen and oxygen atoms in total. The Hall–Kier alpha value is -0.120. The van der Waals surface area contributed by atoms with Gasteiger partial charge < -0.3 is 10.0 Å². The number of hydrogen-bond donors (Lipinski definition) is 1. The van der Waals surface area contributed by atoms with E-state index in [1.807, 2.05) is 0 Å². The molecule has 0 aromatic carbocycles. The minimum Gasteiger partial charge on any atom is -0.391 e. The van der Waals surface area contributed by atoms with E-state index in [0.29, 0.717) is 12.1 Å². The van der Waals surface area contributed by atoms with Crippen molar-refractivity contribution in [3.05, 3.63) is 0 Å². The quantitative estimate of drug-likeness (QED) is 0.793. The Morgan fingerprint density at radius 2 is 1.94 bits per heavy atom. The number of piperidine rings is 1. The van der Waals surface area contributed by atoms with E-state index in [0.717, 1.165) is 18.9 Å². The first-order chi connectivity index (χ1) is 8.08. The largest absolute Gasteiger partial charge is 0.391 e. The smallest absolute Gasteiger partial charge is 0.0695 e. The van der Waals surface area contributed by atoms with Crippen molar-refractivity contribution in [1.29, 1.82) is 0 Å². The summed E-state index contributed by atoms with van der Waals surface area (Å²) >= 11 is 0. The predicted octanol–water partition coefficient (Wildman–Crippen LogP) is 1.56. The normalized spacial score (nSPS) is 40.8. The Balaban J connectivity index is 1.95. The fraction of sp³-hybridized carbons (Fsp3) is 1.00.